The Morgan fingerprint density at radius 1 is 1.28 bits per heavy atom. The molecule has 0 spiro atoms. The number of nitrogens with zero attached hydrogens (tertiary/aromatic N) is 4. The molecule has 0 unspecified atom stereocenters. The molecule has 1 aromatic heterocycles. The molecule has 0 radical (unpaired) electrons. The number of ether oxygens (including phenoxy) is 1. The van der Waals surface area contributed by atoms with Gasteiger partial charge in [0.15, 0.2) is 0 Å². The van der Waals surface area contributed by atoms with Gasteiger partial charge in [0.25, 0.3) is 0 Å². The van der Waals surface area contributed by atoms with E-state index in [1.54, 1.807) is 13.3 Å². The summed E-state index contributed by atoms with van der Waals surface area (Å²) in [6.45, 7) is 7.07. The van der Waals surface area contributed by atoms with E-state index in [1.807, 2.05) is 11.6 Å². The van der Waals surface area contributed by atoms with Gasteiger partial charge in [-0.25, -0.2) is 4.98 Å². The van der Waals surface area contributed by atoms with E-state index in [0.717, 1.165) is 51.7 Å². The van der Waals surface area contributed by atoms with Gasteiger partial charge < -0.3 is 9.30 Å². The first-order valence-corrected chi connectivity index (χ1v) is 6.68. The molecular formula is C12H21ClN4O. The first-order chi connectivity index (χ1) is 8.70. The Kier molecular flexibility index (Phi) is 5.00. The summed E-state index contributed by atoms with van der Waals surface area (Å²) in [4.78, 5) is 9.19. The zero-order chi connectivity index (χ0) is 13.0. The lowest BCUT2D eigenvalue weighted by Gasteiger charge is -2.34. The predicted molar refractivity (Wildman–Crippen MR) is 71.8 cm³/mol. The van der Waals surface area contributed by atoms with E-state index in [2.05, 4.69) is 14.8 Å². The highest BCUT2D eigenvalue weighted by Gasteiger charge is 2.18. The van der Waals surface area contributed by atoms with Crippen molar-refractivity contribution in [3.8, 4) is 0 Å². The molecule has 0 bridgehead atoms. The van der Waals surface area contributed by atoms with Crippen molar-refractivity contribution in [1.82, 2.24) is 19.4 Å². The van der Waals surface area contributed by atoms with Crippen molar-refractivity contribution in [3.63, 3.8) is 0 Å². The number of rotatable bonds is 5. The van der Waals surface area contributed by atoms with Crippen molar-refractivity contribution in [2.45, 2.75) is 6.54 Å². The van der Waals surface area contributed by atoms with Crippen LogP contribution in [0.5, 0.6) is 0 Å². The Hall–Kier alpha value is -0.620. The van der Waals surface area contributed by atoms with Gasteiger partial charge in [0.05, 0.1) is 19.3 Å². The molecule has 5 nitrogen and oxygen atoms in total. The number of methoxy groups -OCH3 is 1. The maximum Gasteiger partial charge on any atom is 0.128 e. The summed E-state index contributed by atoms with van der Waals surface area (Å²) in [5.74, 6) is 1.03. The summed E-state index contributed by atoms with van der Waals surface area (Å²) < 4.78 is 7.05. The maximum atomic E-state index is 5.99. The molecule has 0 N–H and O–H groups in total. The van der Waals surface area contributed by atoms with Gasteiger partial charge in [-0.2, -0.15) is 0 Å². The van der Waals surface area contributed by atoms with Crippen LogP contribution in [0.25, 0.3) is 0 Å². The summed E-state index contributed by atoms with van der Waals surface area (Å²) in [6, 6.07) is 0. The van der Waals surface area contributed by atoms with Crippen molar-refractivity contribution in [2.24, 2.45) is 7.05 Å². The minimum Gasteiger partial charge on any atom is -0.383 e. The fraction of sp³-hybridized carbons (Fsp3) is 0.750. The predicted octanol–water partition coefficient (Wildman–Crippen LogP) is 0.837. The second kappa shape index (κ2) is 6.52. The van der Waals surface area contributed by atoms with Crippen LogP contribution in [-0.4, -0.2) is 65.8 Å². The van der Waals surface area contributed by atoms with E-state index in [-0.39, 0.29) is 0 Å². The summed E-state index contributed by atoms with van der Waals surface area (Å²) in [7, 11) is 3.71. The quantitative estimate of drug-likeness (QED) is 0.795. The monoisotopic (exact) mass is 272 g/mol. The minimum absolute atomic E-state index is 0.698. The van der Waals surface area contributed by atoms with Gasteiger partial charge >= 0.3 is 0 Å². The zero-order valence-corrected chi connectivity index (χ0v) is 11.9. The number of hydrogen-bond donors (Lipinski definition) is 0. The van der Waals surface area contributed by atoms with Crippen LogP contribution in [0.1, 0.15) is 5.82 Å². The Labute approximate surface area is 113 Å². The number of imidazole rings is 1. The van der Waals surface area contributed by atoms with Crippen molar-refractivity contribution in [2.75, 3.05) is 46.4 Å². The first-order valence-electron chi connectivity index (χ1n) is 6.30. The molecule has 0 saturated carbocycles. The molecule has 0 amide bonds. The molecule has 1 aliphatic heterocycles. The average Bonchev–Trinajstić information content (AvgIpc) is 2.70. The Bertz CT molecular complexity index is 374. The highest BCUT2D eigenvalue weighted by Crippen LogP contribution is 2.12. The molecule has 0 atom stereocenters. The molecule has 2 heterocycles. The highest BCUT2D eigenvalue weighted by atomic mass is 35.5. The molecule has 2 rings (SSSR count). The Balaban J connectivity index is 1.78. The van der Waals surface area contributed by atoms with Gasteiger partial charge in [-0.3, -0.25) is 9.80 Å². The third kappa shape index (κ3) is 3.45. The molecular weight excluding hydrogens is 252 g/mol. The third-order valence-electron chi connectivity index (χ3n) is 3.47. The number of hydrogen-bond acceptors (Lipinski definition) is 4. The van der Waals surface area contributed by atoms with Crippen LogP contribution >= 0.6 is 11.6 Å². The van der Waals surface area contributed by atoms with Crippen molar-refractivity contribution < 1.29 is 4.74 Å². The molecule has 102 valence electrons. The standard InChI is InChI=1S/C12H21ClN4O/c1-15-11(13)9-14-12(15)10-17-5-3-16(4-6-17)7-8-18-2/h9H,3-8,10H2,1-2H3. The molecule has 0 aromatic carbocycles. The van der Waals surface area contributed by atoms with Crippen LogP contribution in [0.2, 0.25) is 5.15 Å². The van der Waals surface area contributed by atoms with Crippen LogP contribution in [-0.2, 0) is 18.3 Å². The second-order valence-electron chi connectivity index (χ2n) is 4.67. The Morgan fingerprint density at radius 3 is 2.50 bits per heavy atom. The van der Waals surface area contributed by atoms with Crippen molar-refractivity contribution >= 4 is 11.6 Å². The Morgan fingerprint density at radius 2 is 1.94 bits per heavy atom. The topological polar surface area (TPSA) is 33.5 Å². The van der Waals surface area contributed by atoms with E-state index in [4.69, 9.17) is 16.3 Å². The van der Waals surface area contributed by atoms with Crippen LogP contribution in [0.3, 0.4) is 0 Å². The molecule has 6 heteroatoms. The molecule has 18 heavy (non-hydrogen) atoms. The van der Waals surface area contributed by atoms with E-state index >= 15 is 0 Å². The summed E-state index contributed by atoms with van der Waals surface area (Å²) in [6.07, 6.45) is 1.71. The van der Waals surface area contributed by atoms with Crippen LogP contribution < -0.4 is 0 Å². The van der Waals surface area contributed by atoms with Crippen molar-refractivity contribution in [3.05, 3.63) is 17.2 Å². The fourth-order valence-corrected chi connectivity index (χ4v) is 2.31. The van der Waals surface area contributed by atoms with E-state index in [1.165, 1.54) is 0 Å². The smallest absolute Gasteiger partial charge is 0.128 e. The summed E-state index contributed by atoms with van der Waals surface area (Å²) in [5, 5.41) is 0.698. The maximum absolute atomic E-state index is 5.99. The molecule has 1 fully saturated rings. The summed E-state index contributed by atoms with van der Waals surface area (Å²) >= 11 is 5.99. The van der Waals surface area contributed by atoms with Gasteiger partial charge in [-0.15, -0.1) is 0 Å². The number of halogens is 1. The van der Waals surface area contributed by atoms with E-state index in [0.29, 0.717) is 5.15 Å². The van der Waals surface area contributed by atoms with Crippen LogP contribution in [0, 0.1) is 0 Å². The van der Waals surface area contributed by atoms with Gasteiger partial charge in [-0.05, 0) is 0 Å². The highest BCUT2D eigenvalue weighted by molar-refractivity contribution is 6.29. The van der Waals surface area contributed by atoms with Crippen LogP contribution in [0.15, 0.2) is 6.20 Å². The zero-order valence-electron chi connectivity index (χ0n) is 11.1. The second-order valence-corrected chi connectivity index (χ2v) is 5.05. The van der Waals surface area contributed by atoms with Crippen molar-refractivity contribution in [1.29, 1.82) is 0 Å². The molecule has 1 saturated heterocycles. The molecule has 1 aliphatic rings. The molecule has 1 aromatic rings. The fourth-order valence-electron chi connectivity index (χ4n) is 2.16. The van der Waals surface area contributed by atoms with Gasteiger partial charge in [0.1, 0.15) is 11.0 Å². The van der Waals surface area contributed by atoms with Gasteiger partial charge in [-0.1, -0.05) is 11.6 Å². The number of aromatic nitrogens is 2. The number of piperazine rings is 1. The minimum atomic E-state index is 0.698. The lowest BCUT2D eigenvalue weighted by atomic mass is 10.3. The average molecular weight is 273 g/mol. The lowest BCUT2D eigenvalue weighted by molar-refractivity contribution is 0.0922. The lowest BCUT2D eigenvalue weighted by Crippen LogP contribution is -2.47. The van der Waals surface area contributed by atoms with E-state index in [9.17, 15) is 0 Å². The van der Waals surface area contributed by atoms with Gasteiger partial charge in [0, 0.05) is 46.9 Å². The molecule has 0 aliphatic carbocycles. The largest absolute Gasteiger partial charge is 0.383 e. The van der Waals surface area contributed by atoms with E-state index < -0.39 is 0 Å². The third-order valence-corrected chi connectivity index (χ3v) is 3.82. The summed E-state index contributed by atoms with van der Waals surface area (Å²) in [5.41, 5.74) is 0. The van der Waals surface area contributed by atoms with Gasteiger partial charge in [0.2, 0.25) is 0 Å². The van der Waals surface area contributed by atoms with Crippen LogP contribution in [0.4, 0.5) is 0 Å². The normalized spacial score (nSPS) is 18.4. The first kappa shape index (κ1) is 13.8. The SMILES string of the molecule is COCCN1CCN(Cc2ncc(Cl)n2C)CC1.